The van der Waals surface area contributed by atoms with Crippen LogP contribution < -0.4 is 9.47 Å². The number of hydrogen-bond acceptors (Lipinski definition) is 4. The molecule has 0 atom stereocenters. The normalized spacial score (nSPS) is 13.7. The van der Waals surface area contributed by atoms with Crippen LogP contribution in [-0.4, -0.2) is 18.9 Å². The van der Waals surface area contributed by atoms with E-state index in [0.717, 1.165) is 72.6 Å². The summed E-state index contributed by atoms with van der Waals surface area (Å²) in [6, 6.07) is 39.7. The van der Waals surface area contributed by atoms with Gasteiger partial charge in [-0.15, -0.1) is 0 Å². The van der Waals surface area contributed by atoms with E-state index >= 15 is 0 Å². The zero-order chi connectivity index (χ0) is 31.3. The molecule has 9 aromatic rings. The van der Waals surface area contributed by atoms with Crippen LogP contribution in [0.25, 0.3) is 54.9 Å². The minimum atomic E-state index is -0.273. The van der Waals surface area contributed by atoms with Crippen molar-refractivity contribution < 1.29 is 9.47 Å². The lowest BCUT2D eigenvalue weighted by Crippen LogP contribution is -2.24. The van der Waals surface area contributed by atoms with E-state index in [-0.39, 0.29) is 5.41 Å². The van der Waals surface area contributed by atoms with Crippen molar-refractivity contribution in [3.05, 3.63) is 145 Å². The average molecular weight is 609 g/mol. The highest BCUT2D eigenvalue weighted by molar-refractivity contribution is 6.12. The first kappa shape index (κ1) is 26.1. The van der Waals surface area contributed by atoms with Gasteiger partial charge in [0.2, 0.25) is 0 Å². The quantitative estimate of drug-likeness (QED) is 0.187. The van der Waals surface area contributed by atoms with Gasteiger partial charge >= 0.3 is 0 Å². The molecule has 0 amide bonds. The molecule has 0 spiro atoms. The molecule has 47 heavy (non-hydrogen) atoms. The Morgan fingerprint density at radius 1 is 0.617 bits per heavy atom. The molecule has 5 aromatic carbocycles. The van der Waals surface area contributed by atoms with Crippen LogP contribution in [0.5, 0.6) is 23.0 Å². The third-order valence-electron chi connectivity index (χ3n) is 9.70. The van der Waals surface area contributed by atoms with E-state index in [9.17, 15) is 0 Å². The fourth-order valence-corrected chi connectivity index (χ4v) is 7.65. The molecule has 0 aliphatic carbocycles. The minimum Gasteiger partial charge on any atom is -0.457 e. The van der Waals surface area contributed by atoms with Gasteiger partial charge in [0.25, 0.3) is 0 Å². The number of aromatic nitrogens is 4. The van der Waals surface area contributed by atoms with Crippen LogP contribution >= 0.6 is 0 Å². The molecular formula is C41H28N4O2. The maximum absolute atomic E-state index is 6.56. The van der Waals surface area contributed by atoms with Crippen LogP contribution in [0.15, 0.2) is 134 Å². The molecule has 6 nitrogen and oxygen atoms in total. The zero-order valence-corrected chi connectivity index (χ0v) is 25.8. The molecule has 0 unspecified atom stereocenters. The van der Waals surface area contributed by atoms with Gasteiger partial charge in [-0.25, -0.2) is 9.97 Å². The number of para-hydroxylation sites is 2. The van der Waals surface area contributed by atoms with Crippen molar-refractivity contribution >= 4 is 49.3 Å². The summed E-state index contributed by atoms with van der Waals surface area (Å²) in [5.41, 5.74) is 7.06. The largest absolute Gasteiger partial charge is 0.457 e. The number of imidazole rings is 1. The van der Waals surface area contributed by atoms with E-state index in [1.807, 2.05) is 48.9 Å². The smallest absolute Gasteiger partial charge is 0.145 e. The maximum Gasteiger partial charge on any atom is 0.145 e. The van der Waals surface area contributed by atoms with Gasteiger partial charge < -0.3 is 9.47 Å². The van der Waals surface area contributed by atoms with Crippen molar-refractivity contribution in [1.82, 2.24) is 18.9 Å². The van der Waals surface area contributed by atoms with Gasteiger partial charge in [0.05, 0.1) is 16.7 Å². The Hall–Kier alpha value is -6.14. The van der Waals surface area contributed by atoms with Gasteiger partial charge in [-0.2, -0.15) is 0 Å². The fourth-order valence-electron chi connectivity index (χ4n) is 7.65. The molecule has 0 fully saturated rings. The number of rotatable bonds is 3. The first-order chi connectivity index (χ1) is 23.1. The Morgan fingerprint density at radius 2 is 1.45 bits per heavy atom. The summed E-state index contributed by atoms with van der Waals surface area (Å²) < 4.78 is 17.4. The van der Waals surface area contributed by atoms with Gasteiger partial charge in [-0.1, -0.05) is 56.3 Å². The fraction of sp³-hybridized carbons (Fsp3) is 0.0732. The van der Waals surface area contributed by atoms with E-state index < -0.39 is 0 Å². The molecule has 0 saturated heterocycles. The topological polar surface area (TPSA) is 53.6 Å². The second-order valence-electron chi connectivity index (χ2n) is 12.7. The molecular weight excluding hydrogens is 580 g/mol. The van der Waals surface area contributed by atoms with Crippen molar-refractivity contribution in [2.24, 2.45) is 0 Å². The summed E-state index contributed by atoms with van der Waals surface area (Å²) >= 11 is 0. The van der Waals surface area contributed by atoms with Crippen molar-refractivity contribution in [2.45, 2.75) is 19.3 Å². The monoisotopic (exact) mass is 608 g/mol. The molecule has 0 saturated carbocycles. The molecule has 5 heterocycles. The number of fused-ring (bicyclic) bond motifs is 12. The highest BCUT2D eigenvalue weighted by Gasteiger charge is 2.37. The Labute approximate surface area is 270 Å². The van der Waals surface area contributed by atoms with Gasteiger partial charge in [0, 0.05) is 62.7 Å². The van der Waals surface area contributed by atoms with E-state index in [4.69, 9.17) is 19.4 Å². The molecule has 0 bridgehead atoms. The van der Waals surface area contributed by atoms with Gasteiger partial charge in [0.1, 0.15) is 34.3 Å². The molecule has 1 aliphatic rings. The van der Waals surface area contributed by atoms with Gasteiger partial charge in [-0.3, -0.25) is 8.97 Å². The number of nitrogens with zero attached hydrogens (tertiary/aromatic N) is 4. The SMILES string of the molecule is CC1(C)c2ccccc2Oc2ccc3c(c21)c1cccnc1n3-c1cccc(Oc2ccc3c4ccccc4n4ccnc4c3c2)c1. The molecule has 224 valence electrons. The van der Waals surface area contributed by atoms with Crippen molar-refractivity contribution in [2.75, 3.05) is 0 Å². The zero-order valence-electron chi connectivity index (χ0n) is 25.8. The minimum absolute atomic E-state index is 0.273. The van der Waals surface area contributed by atoms with Crippen LogP contribution in [0.4, 0.5) is 0 Å². The standard InChI is InChI=1S/C41H28N4O2/c1-41(2)32-13-4-6-15-35(32)47-36-19-18-34-37(38(36)41)30-12-8-20-42-40(30)45(34)25-9-7-10-26(23-25)46-27-16-17-28-29-11-3-5-14-33(29)44-22-21-43-39(44)31(28)24-27/h3-24H,1-2H3. The Morgan fingerprint density at radius 3 is 2.40 bits per heavy atom. The van der Waals surface area contributed by atoms with Crippen molar-refractivity contribution in [3.8, 4) is 28.7 Å². The second kappa shape index (κ2) is 9.44. The van der Waals surface area contributed by atoms with Crippen molar-refractivity contribution in [1.29, 1.82) is 0 Å². The summed E-state index contributed by atoms with van der Waals surface area (Å²) in [4.78, 5) is 9.60. The third kappa shape index (κ3) is 3.66. The lowest BCUT2D eigenvalue weighted by molar-refractivity contribution is 0.420. The van der Waals surface area contributed by atoms with Crippen LogP contribution in [0.3, 0.4) is 0 Å². The number of benzene rings is 5. The van der Waals surface area contributed by atoms with Crippen LogP contribution in [0.1, 0.15) is 25.0 Å². The molecule has 1 aliphatic heterocycles. The molecule has 0 N–H and O–H groups in total. The third-order valence-corrected chi connectivity index (χ3v) is 9.70. The summed E-state index contributed by atoms with van der Waals surface area (Å²) in [6.45, 7) is 4.56. The average Bonchev–Trinajstić information content (AvgIpc) is 3.72. The van der Waals surface area contributed by atoms with Crippen LogP contribution in [0.2, 0.25) is 0 Å². The summed E-state index contributed by atoms with van der Waals surface area (Å²) in [6.07, 6.45) is 5.72. The molecule has 6 heteroatoms. The van der Waals surface area contributed by atoms with Gasteiger partial charge in [-0.05, 0) is 72.1 Å². The highest BCUT2D eigenvalue weighted by Crippen LogP contribution is 2.52. The van der Waals surface area contributed by atoms with E-state index in [1.165, 1.54) is 16.5 Å². The van der Waals surface area contributed by atoms with Crippen LogP contribution in [-0.2, 0) is 5.41 Å². The van der Waals surface area contributed by atoms with E-state index in [1.54, 1.807) is 0 Å². The number of hydrogen-bond donors (Lipinski definition) is 0. The molecule has 0 radical (unpaired) electrons. The summed E-state index contributed by atoms with van der Waals surface area (Å²) in [7, 11) is 0. The van der Waals surface area contributed by atoms with Crippen LogP contribution in [0, 0.1) is 0 Å². The summed E-state index contributed by atoms with van der Waals surface area (Å²) in [5.74, 6) is 3.29. The summed E-state index contributed by atoms with van der Waals surface area (Å²) in [5, 5.41) is 5.62. The maximum atomic E-state index is 6.56. The molecule has 4 aromatic heterocycles. The Balaban J connectivity index is 1.12. The lowest BCUT2D eigenvalue weighted by atomic mass is 9.74. The number of ether oxygens (including phenoxy) is 2. The van der Waals surface area contributed by atoms with E-state index in [2.05, 4.69) is 108 Å². The predicted octanol–water partition coefficient (Wildman–Crippen LogP) is 10.4. The number of pyridine rings is 2. The molecule has 10 rings (SSSR count). The first-order valence-corrected chi connectivity index (χ1v) is 15.8. The first-order valence-electron chi connectivity index (χ1n) is 15.8. The van der Waals surface area contributed by atoms with Gasteiger partial charge in [0.15, 0.2) is 0 Å². The second-order valence-corrected chi connectivity index (χ2v) is 12.7. The lowest BCUT2D eigenvalue weighted by Gasteiger charge is -2.35. The van der Waals surface area contributed by atoms with E-state index in [0.29, 0.717) is 0 Å². The highest BCUT2D eigenvalue weighted by atomic mass is 16.5. The van der Waals surface area contributed by atoms with Crippen molar-refractivity contribution in [3.63, 3.8) is 0 Å². The Bertz CT molecular complexity index is 2740. The Kier molecular flexibility index (Phi) is 5.24. The predicted molar refractivity (Wildman–Crippen MR) is 187 cm³/mol.